The highest BCUT2D eigenvalue weighted by Crippen LogP contribution is 2.29. The largest absolute Gasteiger partial charge is 0.452 e. The van der Waals surface area contributed by atoms with Crippen LogP contribution in [0, 0.1) is 10.1 Å². The highest BCUT2D eigenvalue weighted by atomic mass is 16.6. The lowest BCUT2D eigenvalue weighted by atomic mass is 10.1. The van der Waals surface area contributed by atoms with E-state index >= 15 is 0 Å². The number of carbonyl (C=O) groups excluding carboxylic acids is 2. The molecule has 1 aromatic carbocycles. The Bertz CT molecular complexity index is 694. The number of non-ortho nitro benzene ring substituents is 1. The molecule has 8 heteroatoms. The molecule has 0 radical (unpaired) electrons. The third kappa shape index (κ3) is 4.12. The Morgan fingerprint density at radius 3 is 2.35 bits per heavy atom. The van der Waals surface area contributed by atoms with Crippen molar-refractivity contribution in [3.63, 3.8) is 0 Å². The minimum Gasteiger partial charge on any atom is -0.452 e. The number of nitro groups is 1. The summed E-state index contributed by atoms with van der Waals surface area (Å²) < 4.78 is 5.20. The maximum atomic E-state index is 12.5. The minimum absolute atomic E-state index is 0.146. The number of nitro benzene ring substituents is 1. The van der Waals surface area contributed by atoms with Crippen molar-refractivity contribution in [2.45, 2.75) is 32.1 Å². The summed E-state index contributed by atoms with van der Waals surface area (Å²) in [5.41, 5.74) is 0.610. The van der Waals surface area contributed by atoms with Gasteiger partial charge in [0.2, 0.25) is 0 Å². The lowest BCUT2D eigenvalue weighted by Crippen LogP contribution is -2.38. The first-order valence-corrected chi connectivity index (χ1v) is 9.04. The number of benzene rings is 1. The van der Waals surface area contributed by atoms with Gasteiger partial charge in [0.25, 0.3) is 11.6 Å². The van der Waals surface area contributed by atoms with Gasteiger partial charge in [0.05, 0.1) is 16.2 Å². The Hall–Kier alpha value is -2.64. The van der Waals surface area contributed by atoms with Gasteiger partial charge in [0.1, 0.15) is 0 Å². The van der Waals surface area contributed by atoms with Crippen LogP contribution in [0.2, 0.25) is 0 Å². The van der Waals surface area contributed by atoms with Gasteiger partial charge in [-0.3, -0.25) is 14.9 Å². The number of esters is 1. The van der Waals surface area contributed by atoms with Crippen LogP contribution in [0.3, 0.4) is 0 Å². The van der Waals surface area contributed by atoms with Crippen LogP contribution >= 0.6 is 0 Å². The summed E-state index contributed by atoms with van der Waals surface area (Å²) in [5, 5.41) is 11.1. The van der Waals surface area contributed by atoms with Gasteiger partial charge in [-0.2, -0.15) is 0 Å². The van der Waals surface area contributed by atoms with E-state index < -0.39 is 10.9 Å². The number of ether oxygens (including phenoxy) is 1. The van der Waals surface area contributed by atoms with E-state index in [-0.39, 0.29) is 23.8 Å². The molecule has 1 amide bonds. The summed E-state index contributed by atoms with van der Waals surface area (Å²) in [7, 11) is 0. The van der Waals surface area contributed by atoms with E-state index in [2.05, 4.69) is 0 Å². The number of hydrogen-bond donors (Lipinski definition) is 0. The van der Waals surface area contributed by atoms with E-state index in [1.54, 1.807) is 11.0 Å². The van der Waals surface area contributed by atoms with E-state index in [0.717, 1.165) is 45.2 Å². The van der Waals surface area contributed by atoms with Crippen molar-refractivity contribution in [2.75, 3.05) is 37.7 Å². The number of anilines is 1. The molecule has 0 bridgehead atoms. The van der Waals surface area contributed by atoms with Gasteiger partial charge in [0.15, 0.2) is 6.61 Å². The van der Waals surface area contributed by atoms with Crippen molar-refractivity contribution in [1.82, 2.24) is 4.90 Å². The monoisotopic (exact) mass is 361 g/mol. The number of likely N-dealkylation sites (tertiary alicyclic amines) is 1. The molecule has 3 rings (SSSR count). The number of carbonyl (C=O) groups is 2. The highest BCUT2D eigenvalue weighted by Gasteiger charge is 2.25. The van der Waals surface area contributed by atoms with Crippen molar-refractivity contribution in [1.29, 1.82) is 0 Å². The van der Waals surface area contributed by atoms with Gasteiger partial charge in [-0.1, -0.05) is 0 Å². The normalized spacial score (nSPS) is 17.2. The van der Waals surface area contributed by atoms with E-state index in [4.69, 9.17) is 4.74 Å². The first-order chi connectivity index (χ1) is 12.6. The SMILES string of the molecule is O=C(OCC(=O)N1CCCCC1)c1cc([N+](=O)[O-])ccc1N1CCCC1. The average Bonchev–Trinajstić information content (AvgIpc) is 3.20. The zero-order chi connectivity index (χ0) is 18.5. The van der Waals surface area contributed by atoms with Gasteiger partial charge in [-0.05, 0) is 38.2 Å². The van der Waals surface area contributed by atoms with Crippen molar-refractivity contribution in [3.05, 3.63) is 33.9 Å². The molecule has 0 saturated carbocycles. The maximum absolute atomic E-state index is 12.5. The Balaban J connectivity index is 1.72. The smallest absolute Gasteiger partial charge is 0.341 e. The summed E-state index contributed by atoms with van der Waals surface area (Å²) >= 11 is 0. The van der Waals surface area contributed by atoms with Gasteiger partial charge >= 0.3 is 5.97 Å². The molecule has 1 aromatic rings. The van der Waals surface area contributed by atoms with Gasteiger partial charge in [-0.25, -0.2) is 4.79 Å². The third-order valence-electron chi connectivity index (χ3n) is 4.89. The Labute approximate surface area is 151 Å². The zero-order valence-electron chi connectivity index (χ0n) is 14.7. The molecule has 0 unspecified atom stereocenters. The van der Waals surface area contributed by atoms with Crippen LogP contribution in [0.4, 0.5) is 11.4 Å². The lowest BCUT2D eigenvalue weighted by Gasteiger charge is -2.26. The van der Waals surface area contributed by atoms with Crippen molar-refractivity contribution < 1.29 is 19.2 Å². The number of rotatable bonds is 5. The van der Waals surface area contributed by atoms with Crippen molar-refractivity contribution in [2.24, 2.45) is 0 Å². The molecule has 140 valence electrons. The molecule has 0 atom stereocenters. The summed E-state index contributed by atoms with van der Waals surface area (Å²) in [4.78, 5) is 39.0. The van der Waals surface area contributed by atoms with Crippen LogP contribution in [0.15, 0.2) is 18.2 Å². The Kier molecular flexibility index (Phi) is 5.70. The Morgan fingerprint density at radius 2 is 1.69 bits per heavy atom. The van der Waals surface area contributed by atoms with Crippen LogP contribution in [0.25, 0.3) is 0 Å². The average molecular weight is 361 g/mol. The van der Waals surface area contributed by atoms with Crippen LogP contribution in [-0.2, 0) is 9.53 Å². The summed E-state index contributed by atoms with van der Waals surface area (Å²) in [6, 6.07) is 4.22. The predicted molar refractivity (Wildman–Crippen MR) is 95.3 cm³/mol. The molecule has 2 heterocycles. The number of hydrogen-bond acceptors (Lipinski definition) is 6. The second-order valence-corrected chi connectivity index (χ2v) is 6.67. The quantitative estimate of drug-likeness (QED) is 0.454. The van der Waals surface area contributed by atoms with E-state index in [1.807, 2.05) is 4.90 Å². The topological polar surface area (TPSA) is 93.0 Å². The maximum Gasteiger partial charge on any atom is 0.341 e. The third-order valence-corrected chi connectivity index (χ3v) is 4.89. The first-order valence-electron chi connectivity index (χ1n) is 9.04. The van der Waals surface area contributed by atoms with Gasteiger partial charge in [0, 0.05) is 38.3 Å². The lowest BCUT2D eigenvalue weighted by molar-refractivity contribution is -0.384. The molecule has 2 aliphatic heterocycles. The summed E-state index contributed by atoms with van der Waals surface area (Å²) in [6.07, 6.45) is 5.06. The molecule has 0 N–H and O–H groups in total. The fourth-order valence-corrected chi connectivity index (χ4v) is 3.47. The van der Waals surface area contributed by atoms with Gasteiger partial charge in [-0.15, -0.1) is 0 Å². The number of nitrogens with zero attached hydrogens (tertiary/aromatic N) is 3. The molecule has 26 heavy (non-hydrogen) atoms. The molecule has 0 spiro atoms. The molecule has 8 nitrogen and oxygen atoms in total. The zero-order valence-corrected chi connectivity index (χ0v) is 14.7. The molecular weight excluding hydrogens is 338 g/mol. The van der Waals surface area contributed by atoms with Gasteiger partial charge < -0.3 is 14.5 Å². The highest BCUT2D eigenvalue weighted by molar-refractivity contribution is 5.97. The number of amides is 1. The van der Waals surface area contributed by atoms with Crippen molar-refractivity contribution >= 4 is 23.3 Å². The molecule has 2 aliphatic rings. The summed E-state index contributed by atoms with van der Waals surface area (Å²) in [5.74, 6) is -0.910. The number of piperidine rings is 1. The van der Waals surface area contributed by atoms with Crippen LogP contribution in [0.5, 0.6) is 0 Å². The second kappa shape index (κ2) is 8.16. The molecule has 2 saturated heterocycles. The van der Waals surface area contributed by atoms with Crippen molar-refractivity contribution in [3.8, 4) is 0 Å². The molecule has 2 fully saturated rings. The first kappa shape index (κ1) is 18.2. The van der Waals surface area contributed by atoms with E-state index in [0.29, 0.717) is 18.8 Å². The second-order valence-electron chi connectivity index (χ2n) is 6.67. The molecule has 0 aliphatic carbocycles. The molecular formula is C18H23N3O5. The standard InChI is InChI=1S/C18H23N3O5/c22-17(20-10-2-1-3-11-20)13-26-18(23)15-12-14(21(24)25)6-7-16(15)19-8-4-5-9-19/h6-7,12H,1-5,8-11,13H2. The van der Waals surface area contributed by atoms with E-state index in [1.165, 1.54) is 12.1 Å². The Morgan fingerprint density at radius 1 is 1.04 bits per heavy atom. The van der Waals surface area contributed by atoms with Crippen LogP contribution in [-0.4, -0.2) is 54.5 Å². The molecule has 0 aromatic heterocycles. The van der Waals surface area contributed by atoms with Crippen LogP contribution in [0.1, 0.15) is 42.5 Å². The summed E-state index contributed by atoms with van der Waals surface area (Å²) in [6.45, 7) is 2.63. The fraction of sp³-hybridized carbons (Fsp3) is 0.556. The van der Waals surface area contributed by atoms with E-state index in [9.17, 15) is 19.7 Å². The fourth-order valence-electron chi connectivity index (χ4n) is 3.47. The van der Waals surface area contributed by atoms with Crippen LogP contribution < -0.4 is 4.90 Å². The minimum atomic E-state index is -0.694. The predicted octanol–water partition coefficient (Wildman–Crippen LogP) is 2.36.